The van der Waals surface area contributed by atoms with Gasteiger partial charge < -0.3 is 19.4 Å². The summed E-state index contributed by atoms with van der Waals surface area (Å²) in [6.45, 7) is 4.55. The second-order valence-corrected chi connectivity index (χ2v) is 6.99. The summed E-state index contributed by atoms with van der Waals surface area (Å²) >= 11 is 0. The Morgan fingerprint density at radius 3 is 2.38 bits per heavy atom. The van der Waals surface area contributed by atoms with Gasteiger partial charge in [0.15, 0.2) is 0 Å². The van der Waals surface area contributed by atoms with E-state index in [0.29, 0.717) is 49.3 Å². The van der Waals surface area contributed by atoms with E-state index in [0.717, 1.165) is 5.69 Å². The number of amides is 1. The third kappa shape index (κ3) is 3.53. The van der Waals surface area contributed by atoms with Gasteiger partial charge in [-0.2, -0.15) is 0 Å². The average molecular weight is 396 g/mol. The highest BCUT2D eigenvalue weighted by Crippen LogP contribution is 2.19. The molecule has 1 amide bonds. The number of anilines is 1. The minimum Gasteiger partial charge on any atom is -0.368 e. The van der Waals surface area contributed by atoms with Gasteiger partial charge in [-0.1, -0.05) is 0 Å². The van der Waals surface area contributed by atoms with Crippen LogP contribution in [0.15, 0.2) is 52.1 Å². The predicted octanol–water partition coefficient (Wildman–Crippen LogP) is 1.81. The minimum atomic E-state index is -0.697. The molecule has 1 N–H and O–H groups in total. The number of piperazine rings is 1. The molecule has 0 radical (unpaired) electrons. The summed E-state index contributed by atoms with van der Waals surface area (Å²) in [4.78, 5) is 43.2. The van der Waals surface area contributed by atoms with E-state index in [1.807, 2.05) is 0 Å². The maximum Gasteiger partial charge on any atom is 0.316 e. The van der Waals surface area contributed by atoms with E-state index in [4.69, 9.17) is 0 Å². The average Bonchev–Trinajstić information content (AvgIpc) is 2.74. The number of nitrogens with one attached hydrogen (secondary N) is 1. The zero-order chi connectivity index (χ0) is 20.5. The van der Waals surface area contributed by atoms with Crippen LogP contribution < -0.4 is 16.0 Å². The van der Waals surface area contributed by atoms with Crippen LogP contribution in [0.5, 0.6) is 0 Å². The van der Waals surface area contributed by atoms with Gasteiger partial charge in [0.25, 0.3) is 5.91 Å². The van der Waals surface area contributed by atoms with Crippen LogP contribution in [0, 0.1) is 5.82 Å². The van der Waals surface area contributed by atoms with Gasteiger partial charge in [-0.15, -0.1) is 0 Å². The lowest BCUT2D eigenvalue weighted by Gasteiger charge is -2.36. The smallest absolute Gasteiger partial charge is 0.316 e. The molecule has 1 aliphatic heterocycles. The molecule has 0 unspecified atom stereocenters. The van der Waals surface area contributed by atoms with Gasteiger partial charge in [-0.05, 0) is 49.4 Å². The second kappa shape index (κ2) is 7.54. The maximum absolute atomic E-state index is 13.1. The number of nitrogens with zero attached hydrogens (tertiary/aromatic N) is 3. The molecule has 3 aromatic rings. The number of rotatable bonds is 3. The van der Waals surface area contributed by atoms with Crippen molar-refractivity contribution in [2.75, 3.05) is 31.1 Å². The highest BCUT2D eigenvalue weighted by Gasteiger charge is 2.23. The first-order chi connectivity index (χ1) is 14.0. The third-order valence-corrected chi connectivity index (χ3v) is 5.30. The van der Waals surface area contributed by atoms with Gasteiger partial charge in [0.2, 0.25) is 0 Å². The Hall–Kier alpha value is -3.42. The van der Waals surface area contributed by atoms with Crippen molar-refractivity contribution in [3.05, 3.63) is 74.6 Å². The van der Waals surface area contributed by atoms with Crippen molar-refractivity contribution in [2.24, 2.45) is 0 Å². The quantitative estimate of drug-likeness (QED) is 0.685. The van der Waals surface area contributed by atoms with Crippen LogP contribution >= 0.6 is 0 Å². The fraction of sp³-hybridized carbons (Fsp3) is 0.286. The standard InChI is InChI=1S/C21H21FN4O3/c1-2-26-18-8-3-14(13-17(18)23-19(27)21(26)29)20(28)25-11-9-24(10-12-25)16-6-4-15(22)5-7-16/h3-8,13H,2,9-12H2,1H3,(H,23,27). The van der Waals surface area contributed by atoms with Crippen molar-refractivity contribution in [3.63, 3.8) is 0 Å². The fourth-order valence-corrected chi connectivity index (χ4v) is 3.73. The SMILES string of the molecule is CCn1c(=O)c(=O)[nH]c2cc(C(=O)N3CCN(c4ccc(F)cc4)CC3)ccc21. The van der Waals surface area contributed by atoms with E-state index in [2.05, 4.69) is 9.88 Å². The van der Waals surface area contributed by atoms with Crippen molar-refractivity contribution >= 4 is 22.6 Å². The fourth-order valence-electron chi connectivity index (χ4n) is 3.73. The number of hydrogen-bond acceptors (Lipinski definition) is 4. The Morgan fingerprint density at radius 1 is 1.03 bits per heavy atom. The van der Waals surface area contributed by atoms with Crippen molar-refractivity contribution in [1.29, 1.82) is 0 Å². The molecule has 0 atom stereocenters. The molecule has 2 heterocycles. The van der Waals surface area contributed by atoms with Crippen LogP contribution in [0.2, 0.25) is 0 Å². The van der Waals surface area contributed by atoms with Crippen LogP contribution in [0.3, 0.4) is 0 Å². The first-order valence-electron chi connectivity index (χ1n) is 9.54. The molecule has 0 aliphatic carbocycles. The largest absolute Gasteiger partial charge is 0.368 e. The molecule has 0 saturated carbocycles. The zero-order valence-electron chi connectivity index (χ0n) is 16.0. The Bertz CT molecular complexity index is 1180. The number of hydrogen-bond donors (Lipinski definition) is 1. The Kier molecular flexibility index (Phi) is 4.92. The molecule has 8 heteroatoms. The first-order valence-corrected chi connectivity index (χ1v) is 9.54. The van der Waals surface area contributed by atoms with Crippen molar-refractivity contribution < 1.29 is 9.18 Å². The van der Waals surface area contributed by atoms with Gasteiger partial charge in [-0.3, -0.25) is 14.4 Å². The number of carbonyl (C=O) groups excluding carboxylic acids is 1. The van der Waals surface area contributed by atoms with E-state index in [9.17, 15) is 18.8 Å². The van der Waals surface area contributed by atoms with Crippen molar-refractivity contribution in [1.82, 2.24) is 14.5 Å². The Labute approximate surface area is 166 Å². The van der Waals surface area contributed by atoms with Crippen LogP contribution in [-0.4, -0.2) is 46.5 Å². The summed E-state index contributed by atoms with van der Waals surface area (Å²) in [5.41, 5.74) is 1.15. The molecule has 1 saturated heterocycles. The number of fused-ring (bicyclic) bond motifs is 1. The van der Waals surface area contributed by atoms with Gasteiger partial charge in [0.05, 0.1) is 11.0 Å². The highest BCUT2D eigenvalue weighted by molar-refractivity contribution is 5.97. The number of carbonyl (C=O) groups is 1. The molecule has 2 aromatic carbocycles. The first kappa shape index (κ1) is 18.9. The van der Waals surface area contributed by atoms with Gasteiger partial charge in [0, 0.05) is 44.0 Å². The van der Waals surface area contributed by atoms with Gasteiger partial charge in [0.1, 0.15) is 5.82 Å². The van der Waals surface area contributed by atoms with Gasteiger partial charge in [-0.25, -0.2) is 4.39 Å². The zero-order valence-corrected chi connectivity index (χ0v) is 16.0. The Morgan fingerprint density at radius 2 is 1.72 bits per heavy atom. The lowest BCUT2D eigenvalue weighted by molar-refractivity contribution is 0.0747. The highest BCUT2D eigenvalue weighted by atomic mass is 19.1. The summed E-state index contributed by atoms with van der Waals surface area (Å²) in [5, 5.41) is 0. The van der Waals surface area contributed by atoms with Crippen LogP contribution in [0.25, 0.3) is 11.0 Å². The topological polar surface area (TPSA) is 78.4 Å². The minimum absolute atomic E-state index is 0.124. The van der Waals surface area contributed by atoms with E-state index >= 15 is 0 Å². The summed E-state index contributed by atoms with van der Waals surface area (Å²) < 4.78 is 14.5. The molecule has 1 aliphatic rings. The predicted molar refractivity (Wildman–Crippen MR) is 109 cm³/mol. The Balaban J connectivity index is 1.53. The molecule has 7 nitrogen and oxygen atoms in total. The summed E-state index contributed by atoms with van der Waals surface area (Å²) in [6.07, 6.45) is 0. The van der Waals surface area contributed by atoms with Crippen LogP contribution in [0.1, 0.15) is 17.3 Å². The second-order valence-electron chi connectivity index (χ2n) is 6.99. The van der Waals surface area contributed by atoms with Crippen molar-refractivity contribution in [2.45, 2.75) is 13.5 Å². The number of halogens is 1. The van der Waals surface area contributed by atoms with E-state index in [-0.39, 0.29) is 11.7 Å². The molecular weight excluding hydrogens is 375 g/mol. The van der Waals surface area contributed by atoms with E-state index in [1.54, 1.807) is 42.2 Å². The third-order valence-electron chi connectivity index (χ3n) is 5.30. The molecule has 1 fully saturated rings. The molecular formula is C21H21FN4O3. The number of aromatic amines is 1. The van der Waals surface area contributed by atoms with Crippen molar-refractivity contribution in [3.8, 4) is 0 Å². The monoisotopic (exact) mass is 396 g/mol. The summed E-state index contributed by atoms with van der Waals surface area (Å²) in [6, 6.07) is 11.3. The van der Waals surface area contributed by atoms with E-state index < -0.39 is 11.1 Å². The molecule has 0 spiro atoms. The molecule has 4 rings (SSSR count). The van der Waals surface area contributed by atoms with E-state index in [1.165, 1.54) is 16.7 Å². The number of aromatic nitrogens is 2. The molecule has 29 heavy (non-hydrogen) atoms. The lowest BCUT2D eigenvalue weighted by Crippen LogP contribution is -2.48. The van der Waals surface area contributed by atoms with Gasteiger partial charge >= 0.3 is 11.1 Å². The number of benzene rings is 2. The van der Waals surface area contributed by atoms with Crippen LogP contribution in [0.4, 0.5) is 10.1 Å². The number of H-pyrrole nitrogens is 1. The van der Waals surface area contributed by atoms with Crippen LogP contribution in [-0.2, 0) is 6.54 Å². The summed E-state index contributed by atoms with van der Waals surface area (Å²) in [7, 11) is 0. The molecule has 1 aromatic heterocycles. The summed E-state index contributed by atoms with van der Waals surface area (Å²) in [5.74, 6) is -0.397. The number of aryl methyl sites for hydroxylation is 1. The normalized spacial score (nSPS) is 14.4. The maximum atomic E-state index is 13.1. The lowest BCUT2D eigenvalue weighted by atomic mass is 10.1. The molecule has 150 valence electrons. The molecule has 0 bridgehead atoms.